The largest absolute Gasteiger partial charge is 0.353 e. The molecule has 0 bridgehead atoms. The van der Waals surface area contributed by atoms with E-state index in [2.05, 4.69) is 14.9 Å². The van der Waals surface area contributed by atoms with Gasteiger partial charge in [0.2, 0.25) is 5.91 Å². The number of nitrogens with zero attached hydrogens (tertiary/aromatic N) is 6. The normalized spacial score (nSPS) is 13.8. The van der Waals surface area contributed by atoms with Crippen LogP contribution in [0.15, 0.2) is 67.0 Å². The zero-order valence-corrected chi connectivity index (χ0v) is 20.0. The molecule has 2 aromatic carbocycles. The Balaban J connectivity index is 1.35. The van der Waals surface area contributed by atoms with Crippen molar-refractivity contribution in [2.45, 2.75) is 13.5 Å². The monoisotopic (exact) mass is 490 g/mol. The predicted octanol–water partition coefficient (Wildman–Crippen LogP) is 4.46. The molecule has 0 atom stereocenters. The van der Waals surface area contributed by atoms with Gasteiger partial charge in [-0.15, -0.1) is 0 Å². The van der Waals surface area contributed by atoms with Crippen LogP contribution in [0.1, 0.15) is 5.56 Å². The number of halogens is 2. The van der Waals surface area contributed by atoms with E-state index in [-0.39, 0.29) is 18.3 Å². The van der Waals surface area contributed by atoms with Crippen LogP contribution in [0.4, 0.5) is 10.2 Å². The lowest BCUT2D eigenvalue weighted by molar-refractivity contribution is -0.132. The molecule has 178 valence electrons. The molecule has 0 saturated carbocycles. The molecular formula is C26H24ClFN6O. The highest BCUT2D eigenvalue weighted by Gasteiger charge is 2.24. The van der Waals surface area contributed by atoms with Crippen LogP contribution in [0, 0.1) is 12.7 Å². The highest BCUT2D eigenvalue weighted by molar-refractivity contribution is 6.29. The molecule has 7 nitrogen and oxygen atoms in total. The average Bonchev–Trinajstić information content (AvgIpc) is 3.30. The van der Waals surface area contributed by atoms with Gasteiger partial charge in [-0.3, -0.25) is 9.48 Å². The van der Waals surface area contributed by atoms with Gasteiger partial charge in [0.1, 0.15) is 29.7 Å². The predicted molar refractivity (Wildman–Crippen MR) is 134 cm³/mol. The second kappa shape index (κ2) is 9.84. The molecule has 0 unspecified atom stereocenters. The summed E-state index contributed by atoms with van der Waals surface area (Å²) in [5.74, 6) is 0.497. The lowest BCUT2D eigenvalue weighted by Gasteiger charge is -2.35. The van der Waals surface area contributed by atoms with E-state index in [1.54, 1.807) is 29.8 Å². The number of rotatable bonds is 5. The van der Waals surface area contributed by atoms with Crippen molar-refractivity contribution in [3.63, 3.8) is 0 Å². The molecular weight excluding hydrogens is 467 g/mol. The lowest BCUT2D eigenvalue weighted by atomic mass is 10.1. The Morgan fingerprint density at radius 3 is 2.46 bits per heavy atom. The molecule has 0 N–H and O–H groups in total. The molecule has 1 saturated heterocycles. The summed E-state index contributed by atoms with van der Waals surface area (Å²) in [6.07, 6.45) is 1.44. The van der Waals surface area contributed by atoms with E-state index in [9.17, 15) is 9.18 Å². The van der Waals surface area contributed by atoms with E-state index in [0.717, 1.165) is 22.6 Å². The summed E-state index contributed by atoms with van der Waals surface area (Å²) in [5, 5.41) is 5.14. The number of aromatic nitrogens is 4. The molecule has 1 aliphatic heterocycles. The van der Waals surface area contributed by atoms with E-state index >= 15 is 0 Å². The summed E-state index contributed by atoms with van der Waals surface area (Å²) in [5.41, 5.74) is 3.86. The second-order valence-corrected chi connectivity index (χ2v) is 8.86. The Morgan fingerprint density at radius 2 is 1.74 bits per heavy atom. The quantitative estimate of drug-likeness (QED) is 0.386. The van der Waals surface area contributed by atoms with Crippen molar-refractivity contribution in [2.75, 3.05) is 31.1 Å². The van der Waals surface area contributed by atoms with Gasteiger partial charge in [-0.05, 0) is 42.3 Å². The molecule has 0 aliphatic carbocycles. The molecule has 5 rings (SSSR count). The van der Waals surface area contributed by atoms with Crippen LogP contribution in [0.5, 0.6) is 0 Å². The number of anilines is 1. The van der Waals surface area contributed by atoms with Crippen molar-refractivity contribution in [1.82, 2.24) is 24.6 Å². The number of aryl methyl sites for hydroxylation is 1. The topological polar surface area (TPSA) is 67.2 Å². The van der Waals surface area contributed by atoms with Crippen molar-refractivity contribution in [3.8, 4) is 22.5 Å². The Hall–Kier alpha value is -3.78. The van der Waals surface area contributed by atoms with Crippen LogP contribution >= 0.6 is 11.6 Å². The number of amides is 1. The van der Waals surface area contributed by atoms with Crippen LogP contribution in [0.3, 0.4) is 0 Å². The van der Waals surface area contributed by atoms with Crippen LogP contribution in [0.25, 0.3) is 22.5 Å². The van der Waals surface area contributed by atoms with Crippen LogP contribution in [-0.4, -0.2) is 56.7 Å². The zero-order valence-electron chi connectivity index (χ0n) is 19.2. The van der Waals surface area contributed by atoms with E-state index in [4.69, 9.17) is 16.7 Å². The van der Waals surface area contributed by atoms with E-state index in [1.807, 2.05) is 41.3 Å². The Kier molecular flexibility index (Phi) is 6.46. The zero-order chi connectivity index (χ0) is 24.4. The minimum atomic E-state index is -0.255. The van der Waals surface area contributed by atoms with Crippen molar-refractivity contribution >= 4 is 23.3 Å². The van der Waals surface area contributed by atoms with Gasteiger partial charge >= 0.3 is 0 Å². The van der Waals surface area contributed by atoms with Crippen molar-refractivity contribution < 1.29 is 9.18 Å². The first-order valence-electron chi connectivity index (χ1n) is 11.4. The van der Waals surface area contributed by atoms with Crippen molar-refractivity contribution in [3.05, 3.63) is 83.5 Å². The minimum absolute atomic E-state index is 0.00696. The molecule has 1 amide bonds. The fourth-order valence-corrected chi connectivity index (χ4v) is 4.38. The molecule has 3 heterocycles. The van der Waals surface area contributed by atoms with Gasteiger partial charge in [-0.1, -0.05) is 41.9 Å². The second-order valence-electron chi connectivity index (χ2n) is 8.47. The van der Waals surface area contributed by atoms with E-state index < -0.39 is 0 Å². The molecule has 1 aliphatic rings. The van der Waals surface area contributed by atoms with Gasteiger partial charge in [0.25, 0.3) is 0 Å². The number of carbonyl (C=O) groups is 1. The highest BCUT2D eigenvalue weighted by Crippen LogP contribution is 2.27. The van der Waals surface area contributed by atoms with Gasteiger partial charge < -0.3 is 9.80 Å². The molecule has 2 aromatic heterocycles. The third-order valence-corrected chi connectivity index (χ3v) is 6.37. The van der Waals surface area contributed by atoms with Crippen LogP contribution in [0.2, 0.25) is 5.15 Å². The average molecular weight is 491 g/mol. The van der Waals surface area contributed by atoms with Crippen LogP contribution in [-0.2, 0) is 11.3 Å². The maximum atomic E-state index is 13.8. The summed E-state index contributed by atoms with van der Waals surface area (Å²) < 4.78 is 15.5. The summed E-state index contributed by atoms with van der Waals surface area (Å²) in [6.45, 7) is 4.31. The molecule has 0 spiro atoms. The first-order valence-corrected chi connectivity index (χ1v) is 11.8. The third kappa shape index (κ3) is 5.02. The first-order chi connectivity index (χ1) is 17.0. The molecule has 35 heavy (non-hydrogen) atoms. The van der Waals surface area contributed by atoms with Gasteiger partial charge in [0, 0.05) is 37.8 Å². The number of piperazine rings is 1. The number of hydrogen-bond donors (Lipinski definition) is 0. The summed E-state index contributed by atoms with van der Waals surface area (Å²) in [6, 6.07) is 18.4. The lowest BCUT2D eigenvalue weighted by Crippen LogP contribution is -2.50. The SMILES string of the molecule is Cc1cc(-c2cc(-c3ccccc3)n(CC(=O)N3CCN(c4cc(Cl)ncn4)CC3)n2)ccc1F. The highest BCUT2D eigenvalue weighted by atomic mass is 35.5. The molecule has 0 radical (unpaired) electrons. The molecule has 1 fully saturated rings. The number of benzene rings is 2. The van der Waals surface area contributed by atoms with Crippen LogP contribution < -0.4 is 4.90 Å². The smallest absolute Gasteiger partial charge is 0.244 e. The maximum Gasteiger partial charge on any atom is 0.244 e. The fraction of sp³-hybridized carbons (Fsp3) is 0.231. The number of hydrogen-bond acceptors (Lipinski definition) is 5. The minimum Gasteiger partial charge on any atom is -0.353 e. The Labute approximate surface area is 207 Å². The molecule has 4 aromatic rings. The van der Waals surface area contributed by atoms with Gasteiger partial charge in [-0.25, -0.2) is 14.4 Å². The number of carbonyl (C=O) groups excluding carboxylic acids is 1. The summed E-state index contributed by atoms with van der Waals surface area (Å²) in [7, 11) is 0. The fourth-order valence-electron chi connectivity index (χ4n) is 4.23. The van der Waals surface area contributed by atoms with Gasteiger partial charge in [-0.2, -0.15) is 5.10 Å². The third-order valence-electron chi connectivity index (χ3n) is 6.16. The van der Waals surface area contributed by atoms with Crippen molar-refractivity contribution in [1.29, 1.82) is 0 Å². The van der Waals surface area contributed by atoms with Gasteiger partial charge in [0.05, 0.1) is 11.4 Å². The maximum absolute atomic E-state index is 13.8. The Morgan fingerprint density at radius 1 is 0.971 bits per heavy atom. The first kappa shape index (κ1) is 23.0. The summed E-state index contributed by atoms with van der Waals surface area (Å²) >= 11 is 5.99. The van der Waals surface area contributed by atoms with Crippen molar-refractivity contribution in [2.24, 2.45) is 0 Å². The summed E-state index contributed by atoms with van der Waals surface area (Å²) in [4.78, 5) is 25.4. The van der Waals surface area contributed by atoms with Gasteiger partial charge in [0.15, 0.2) is 0 Å². The Bertz CT molecular complexity index is 1350. The van der Waals surface area contributed by atoms with E-state index in [1.165, 1.54) is 12.4 Å². The van der Waals surface area contributed by atoms with E-state index in [0.29, 0.717) is 42.6 Å². The molecule has 9 heteroatoms. The standard InChI is InChI=1S/C26H24ClFN6O/c1-18-13-20(7-8-21(18)28)22-14-23(19-5-3-2-4-6-19)34(31-22)16-26(35)33-11-9-32(10-12-33)25-15-24(27)29-17-30-25/h2-8,13-15,17H,9-12,16H2,1H3.